The van der Waals surface area contributed by atoms with Crippen LogP contribution in [0, 0.1) is 0 Å². The molecule has 1 heterocycles. The fourth-order valence-corrected chi connectivity index (χ4v) is 2.11. The zero-order valence-electron chi connectivity index (χ0n) is 10.6. The smallest absolute Gasteiger partial charge is 0.179 e. The SMILES string of the molecule is CCCCOC1CC(c2ccccc2)N(C)O1. The molecule has 0 bridgehead atoms. The molecule has 3 heteroatoms. The lowest BCUT2D eigenvalue weighted by atomic mass is 10.0. The second kappa shape index (κ2) is 6.15. The molecule has 0 N–H and O–H groups in total. The van der Waals surface area contributed by atoms with Crippen molar-refractivity contribution in [3.05, 3.63) is 35.9 Å². The summed E-state index contributed by atoms with van der Waals surface area (Å²) in [6, 6.07) is 10.7. The Labute approximate surface area is 103 Å². The second-order valence-corrected chi connectivity index (χ2v) is 4.47. The first-order valence-electron chi connectivity index (χ1n) is 6.37. The number of hydrogen-bond acceptors (Lipinski definition) is 3. The third kappa shape index (κ3) is 3.28. The minimum Gasteiger partial charge on any atom is -0.351 e. The number of ether oxygens (including phenoxy) is 1. The summed E-state index contributed by atoms with van der Waals surface area (Å²) in [5.74, 6) is 0. The molecule has 0 aliphatic carbocycles. The van der Waals surface area contributed by atoms with Gasteiger partial charge < -0.3 is 4.74 Å². The molecule has 0 amide bonds. The number of unbranched alkanes of at least 4 members (excludes halogenated alkanes) is 1. The molecule has 3 nitrogen and oxygen atoms in total. The van der Waals surface area contributed by atoms with Gasteiger partial charge in [0.15, 0.2) is 6.29 Å². The lowest BCUT2D eigenvalue weighted by Gasteiger charge is -2.16. The summed E-state index contributed by atoms with van der Waals surface area (Å²) in [4.78, 5) is 5.69. The van der Waals surface area contributed by atoms with Gasteiger partial charge in [0.25, 0.3) is 0 Å². The lowest BCUT2D eigenvalue weighted by molar-refractivity contribution is -0.229. The molecule has 2 unspecified atom stereocenters. The quantitative estimate of drug-likeness (QED) is 0.732. The van der Waals surface area contributed by atoms with Gasteiger partial charge in [-0.15, -0.1) is 0 Å². The van der Waals surface area contributed by atoms with Crippen molar-refractivity contribution in [2.75, 3.05) is 13.7 Å². The van der Waals surface area contributed by atoms with Crippen LogP contribution in [0.3, 0.4) is 0 Å². The Morgan fingerprint density at radius 2 is 2.12 bits per heavy atom. The van der Waals surface area contributed by atoms with E-state index in [-0.39, 0.29) is 6.29 Å². The van der Waals surface area contributed by atoms with Crippen molar-refractivity contribution >= 4 is 0 Å². The van der Waals surface area contributed by atoms with E-state index in [0.717, 1.165) is 25.9 Å². The van der Waals surface area contributed by atoms with E-state index in [9.17, 15) is 0 Å². The molecule has 0 saturated carbocycles. The Bertz CT molecular complexity index is 328. The number of nitrogens with zero attached hydrogens (tertiary/aromatic N) is 1. The van der Waals surface area contributed by atoms with Gasteiger partial charge in [-0.2, -0.15) is 5.06 Å². The van der Waals surface area contributed by atoms with Gasteiger partial charge in [-0.1, -0.05) is 43.7 Å². The molecule has 2 atom stereocenters. The van der Waals surface area contributed by atoms with E-state index in [1.54, 1.807) is 0 Å². The van der Waals surface area contributed by atoms with E-state index >= 15 is 0 Å². The normalized spacial score (nSPS) is 25.3. The fourth-order valence-electron chi connectivity index (χ4n) is 2.11. The monoisotopic (exact) mass is 235 g/mol. The molecular formula is C14H21NO2. The predicted octanol–water partition coefficient (Wildman–Crippen LogP) is 3.14. The Balaban J connectivity index is 1.89. The zero-order valence-corrected chi connectivity index (χ0v) is 10.6. The van der Waals surface area contributed by atoms with Crippen molar-refractivity contribution in [1.29, 1.82) is 0 Å². The van der Waals surface area contributed by atoms with Crippen molar-refractivity contribution in [3.8, 4) is 0 Å². The van der Waals surface area contributed by atoms with Crippen LogP contribution < -0.4 is 0 Å². The van der Waals surface area contributed by atoms with Gasteiger partial charge in [0.05, 0.1) is 6.04 Å². The van der Waals surface area contributed by atoms with Gasteiger partial charge in [-0.3, -0.25) is 4.84 Å². The predicted molar refractivity (Wildman–Crippen MR) is 67.3 cm³/mol. The van der Waals surface area contributed by atoms with Gasteiger partial charge >= 0.3 is 0 Å². The molecule has 0 radical (unpaired) electrons. The number of benzene rings is 1. The van der Waals surface area contributed by atoms with Crippen LogP contribution in [0.5, 0.6) is 0 Å². The zero-order chi connectivity index (χ0) is 12.1. The highest BCUT2D eigenvalue weighted by atomic mass is 16.8. The largest absolute Gasteiger partial charge is 0.351 e. The van der Waals surface area contributed by atoms with Crippen LogP contribution in [-0.4, -0.2) is 25.0 Å². The molecular weight excluding hydrogens is 214 g/mol. The molecule has 1 aromatic carbocycles. The van der Waals surface area contributed by atoms with Crippen LogP contribution in [0.25, 0.3) is 0 Å². The maximum absolute atomic E-state index is 5.70. The Morgan fingerprint density at radius 1 is 1.35 bits per heavy atom. The third-order valence-corrected chi connectivity index (χ3v) is 3.12. The molecule has 0 aromatic heterocycles. The van der Waals surface area contributed by atoms with Crippen molar-refractivity contribution < 1.29 is 9.57 Å². The summed E-state index contributed by atoms with van der Waals surface area (Å²) in [6.45, 7) is 2.95. The van der Waals surface area contributed by atoms with E-state index in [0.29, 0.717) is 6.04 Å². The Hall–Kier alpha value is -0.900. The summed E-state index contributed by atoms with van der Waals surface area (Å²) in [5.41, 5.74) is 1.29. The third-order valence-electron chi connectivity index (χ3n) is 3.12. The van der Waals surface area contributed by atoms with Gasteiger partial charge in [0, 0.05) is 20.1 Å². The maximum atomic E-state index is 5.70. The molecule has 1 aromatic rings. The van der Waals surface area contributed by atoms with Crippen LogP contribution in [-0.2, 0) is 9.57 Å². The highest BCUT2D eigenvalue weighted by Crippen LogP contribution is 2.32. The Morgan fingerprint density at radius 3 is 2.82 bits per heavy atom. The van der Waals surface area contributed by atoms with Gasteiger partial charge in [0.1, 0.15) is 0 Å². The van der Waals surface area contributed by atoms with E-state index in [4.69, 9.17) is 9.57 Å². The van der Waals surface area contributed by atoms with Gasteiger partial charge in [0.2, 0.25) is 0 Å². The standard InChI is InChI=1S/C14H21NO2/c1-3-4-10-16-14-11-13(15(2)17-14)12-8-6-5-7-9-12/h5-9,13-14H,3-4,10-11H2,1-2H3. The number of hydrogen-bond donors (Lipinski definition) is 0. The average Bonchev–Trinajstić information content (AvgIpc) is 2.72. The van der Waals surface area contributed by atoms with Crippen molar-refractivity contribution in [2.45, 2.75) is 38.5 Å². The molecule has 1 fully saturated rings. The van der Waals surface area contributed by atoms with Crippen LogP contribution >= 0.6 is 0 Å². The van der Waals surface area contributed by atoms with Crippen LogP contribution in [0.4, 0.5) is 0 Å². The molecule has 0 spiro atoms. The summed E-state index contributed by atoms with van der Waals surface area (Å²) >= 11 is 0. The van der Waals surface area contributed by atoms with E-state index in [2.05, 4.69) is 31.2 Å². The van der Waals surface area contributed by atoms with Gasteiger partial charge in [-0.25, -0.2) is 0 Å². The number of hydroxylamine groups is 2. The van der Waals surface area contributed by atoms with Crippen LogP contribution in [0.15, 0.2) is 30.3 Å². The molecule has 17 heavy (non-hydrogen) atoms. The molecule has 94 valence electrons. The van der Waals surface area contributed by atoms with Gasteiger partial charge in [-0.05, 0) is 12.0 Å². The first-order valence-corrected chi connectivity index (χ1v) is 6.37. The summed E-state index contributed by atoms with van der Waals surface area (Å²) in [5, 5.41) is 1.91. The molecule has 1 aliphatic rings. The molecule has 1 aliphatic heterocycles. The first-order chi connectivity index (χ1) is 8.31. The second-order valence-electron chi connectivity index (χ2n) is 4.47. The first kappa shape index (κ1) is 12.6. The van der Waals surface area contributed by atoms with E-state index in [1.165, 1.54) is 5.56 Å². The summed E-state index contributed by atoms with van der Waals surface area (Å²) in [7, 11) is 1.97. The highest BCUT2D eigenvalue weighted by Gasteiger charge is 2.32. The maximum Gasteiger partial charge on any atom is 0.179 e. The van der Waals surface area contributed by atoms with Crippen molar-refractivity contribution in [1.82, 2.24) is 5.06 Å². The van der Waals surface area contributed by atoms with Crippen molar-refractivity contribution in [3.63, 3.8) is 0 Å². The van der Waals surface area contributed by atoms with E-state index in [1.807, 2.05) is 18.2 Å². The van der Waals surface area contributed by atoms with E-state index < -0.39 is 0 Å². The fraction of sp³-hybridized carbons (Fsp3) is 0.571. The lowest BCUT2D eigenvalue weighted by Crippen LogP contribution is -2.18. The van der Waals surface area contributed by atoms with Crippen LogP contribution in [0.2, 0.25) is 0 Å². The molecule has 1 saturated heterocycles. The summed E-state index contributed by atoms with van der Waals surface area (Å²) in [6.07, 6.45) is 3.07. The minimum absolute atomic E-state index is 0.0863. The average molecular weight is 235 g/mol. The van der Waals surface area contributed by atoms with Crippen molar-refractivity contribution in [2.24, 2.45) is 0 Å². The Kier molecular flexibility index (Phi) is 4.54. The minimum atomic E-state index is -0.0863. The highest BCUT2D eigenvalue weighted by molar-refractivity contribution is 5.19. The summed E-state index contributed by atoms with van der Waals surface area (Å²) < 4.78 is 5.70. The topological polar surface area (TPSA) is 21.7 Å². The number of rotatable bonds is 5. The van der Waals surface area contributed by atoms with Crippen LogP contribution in [0.1, 0.15) is 37.8 Å². The molecule has 2 rings (SSSR count).